The molecule has 2 nitrogen and oxygen atoms in total. The van der Waals surface area contributed by atoms with Gasteiger partial charge in [-0.3, -0.25) is 4.79 Å². The second-order valence-corrected chi connectivity index (χ2v) is 7.94. The number of carbonyl (C=O) groups excluding carboxylic acids is 1. The fraction of sp³-hybridized carbons (Fsp3) is 0.875. The van der Waals surface area contributed by atoms with Crippen LogP contribution in [0, 0.1) is 0 Å². The van der Waals surface area contributed by atoms with E-state index in [4.69, 9.17) is 4.74 Å². The summed E-state index contributed by atoms with van der Waals surface area (Å²) < 4.78 is 5.10. The number of esters is 1. The third-order valence-electron chi connectivity index (χ3n) is 1.54. The molecular formula is C8H16O2S4. The van der Waals surface area contributed by atoms with E-state index in [1.807, 2.05) is 6.92 Å². The van der Waals surface area contributed by atoms with E-state index in [2.05, 4.69) is 18.6 Å². The lowest BCUT2D eigenvalue weighted by Gasteiger charge is -2.09. The molecule has 0 aromatic carbocycles. The summed E-state index contributed by atoms with van der Waals surface area (Å²) in [5.41, 5.74) is 0. The van der Waals surface area contributed by atoms with Gasteiger partial charge < -0.3 is 4.74 Å². The van der Waals surface area contributed by atoms with Gasteiger partial charge in [0.15, 0.2) is 0 Å². The number of carbonyl (C=O) groups is 1. The first-order valence-corrected chi connectivity index (χ1v) is 9.12. The molecule has 0 aliphatic carbocycles. The lowest BCUT2D eigenvalue weighted by Crippen LogP contribution is -2.16. The molecule has 14 heavy (non-hydrogen) atoms. The summed E-state index contributed by atoms with van der Waals surface area (Å²) in [6.45, 7) is 4.53. The van der Waals surface area contributed by atoms with Crippen molar-refractivity contribution in [3.8, 4) is 0 Å². The summed E-state index contributed by atoms with van der Waals surface area (Å²) in [6.07, 6.45) is 3.23. The van der Waals surface area contributed by atoms with Crippen molar-refractivity contribution >= 4 is 48.1 Å². The number of ether oxygens (including phenoxy) is 1. The first-order chi connectivity index (χ1) is 6.72. The van der Waals surface area contributed by atoms with Crippen LogP contribution in [0.2, 0.25) is 0 Å². The van der Waals surface area contributed by atoms with Gasteiger partial charge in [-0.2, -0.15) is 0 Å². The van der Waals surface area contributed by atoms with Crippen molar-refractivity contribution < 1.29 is 9.53 Å². The van der Waals surface area contributed by atoms with E-state index in [1.54, 1.807) is 0 Å². The standard InChI is InChI=1S/C8H16O2S4/c1-3-4-5-6-10-8(9)7(2)12-14-13-11/h7,11H,3-6H2,1-2H3. The maximum atomic E-state index is 11.3. The summed E-state index contributed by atoms with van der Waals surface area (Å²) in [6, 6.07) is 0. The molecule has 0 aromatic heterocycles. The molecule has 0 saturated carbocycles. The minimum atomic E-state index is -0.124. The Morgan fingerprint density at radius 3 is 2.79 bits per heavy atom. The Bertz CT molecular complexity index is 154. The van der Waals surface area contributed by atoms with Crippen molar-refractivity contribution in [3.63, 3.8) is 0 Å². The molecule has 0 aliphatic heterocycles. The van der Waals surface area contributed by atoms with Crippen LogP contribution >= 0.6 is 42.1 Å². The van der Waals surface area contributed by atoms with E-state index in [9.17, 15) is 4.79 Å². The van der Waals surface area contributed by atoms with Gasteiger partial charge in [-0.1, -0.05) is 42.2 Å². The molecule has 6 heteroatoms. The van der Waals surface area contributed by atoms with Gasteiger partial charge in [0.2, 0.25) is 0 Å². The van der Waals surface area contributed by atoms with E-state index >= 15 is 0 Å². The van der Waals surface area contributed by atoms with Gasteiger partial charge in [0, 0.05) is 0 Å². The normalized spacial score (nSPS) is 12.5. The van der Waals surface area contributed by atoms with Crippen molar-refractivity contribution in [1.82, 2.24) is 0 Å². The Kier molecular flexibility index (Phi) is 11.0. The molecule has 0 radical (unpaired) electrons. The second kappa shape index (κ2) is 10.4. The molecule has 84 valence electrons. The highest BCUT2D eigenvalue weighted by Crippen LogP contribution is 2.39. The molecule has 0 N–H and O–H groups in total. The van der Waals surface area contributed by atoms with Crippen LogP contribution in [0.5, 0.6) is 0 Å². The third kappa shape index (κ3) is 8.20. The van der Waals surface area contributed by atoms with Crippen molar-refractivity contribution in [2.24, 2.45) is 0 Å². The van der Waals surface area contributed by atoms with Gasteiger partial charge in [-0.05, 0) is 33.0 Å². The lowest BCUT2D eigenvalue weighted by atomic mass is 10.3. The van der Waals surface area contributed by atoms with E-state index < -0.39 is 0 Å². The molecule has 0 saturated heterocycles. The Balaban J connectivity index is 3.42. The first-order valence-electron chi connectivity index (χ1n) is 4.52. The van der Waals surface area contributed by atoms with Crippen LogP contribution in [-0.4, -0.2) is 17.8 Å². The second-order valence-electron chi connectivity index (χ2n) is 2.76. The summed E-state index contributed by atoms with van der Waals surface area (Å²) >= 11 is 3.97. The average Bonchev–Trinajstić information content (AvgIpc) is 2.20. The molecule has 1 unspecified atom stereocenters. The van der Waals surface area contributed by atoms with Crippen molar-refractivity contribution in [1.29, 1.82) is 0 Å². The molecule has 0 bridgehead atoms. The summed E-state index contributed by atoms with van der Waals surface area (Å²) in [5.74, 6) is -0.124. The fourth-order valence-electron chi connectivity index (χ4n) is 0.758. The third-order valence-corrected chi connectivity index (χ3v) is 6.34. The first kappa shape index (κ1) is 14.9. The predicted octanol–water partition coefficient (Wildman–Crippen LogP) is 3.98. The van der Waals surface area contributed by atoms with E-state index in [0.29, 0.717) is 6.61 Å². The Labute approximate surface area is 102 Å². The van der Waals surface area contributed by atoms with Crippen LogP contribution in [0.25, 0.3) is 0 Å². The summed E-state index contributed by atoms with van der Waals surface area (Å²) in [4.78, 5) is 11.3. The SMILES string of the molecule is CCCCCOC(=O)C(C)SSSS. The number of hydrogen-bond donors (Lipinski definition) is 1. The molecule has 0 aromatic rings. The highest BCUT2D eigenvalue weighted by Gasteiger charge is 2.14. The minimum absolute atomic E-state index is 0.110. The summed E-state index contributed by atoms with van der Waals surface area (Å²) in [7, 11) is 4.31. The van der Waals surface area contributed by atoms with Crippen molar-refractivity contribution in [2.45, 2.75) is 38.4 Å². The average molecular weight is 272 g/mol. The highest BCUT2D eigenvalue weighted by molar-refractivity contribution is 9.24. The van der Waals surface area contributed by atoms with Gasteiger partial charge in [0.25, 0.3) is 0 Å². The molecule has 0 spiro atoms. The minimum Gasteiger partial charge on any atom is -0.465 e. The van der Waals surface area contributed by atoms with E-state index in [0.717, 1.165) is 19.3 Å². The smallest absolute Gasteiger partial charge is 0.319 e. The zero-order valence-electron chi connectivity index (χ0n) is 8.39. The topological polar surface area (TPSA) is 26.3 Å². The van der Waals surface area contributed by atoms with Gasteiger partial charge in [-0.15, -0.1) is 0 Å². The van der Waals surface area contributed by atoms with Crippen molar-refractivity contribution in [3.05, 3.63) is 0 Å². The van der Waals surface area contributed by atoms with Crippen LogP contribution in [-0.2, 0) is 9.53 Å². The molecular weight excluding hydrogens is 256 g/mol. The maximum absolute atomic E-state index is 11.3. The van der Waals surface area contributed by atoms with E-state index in [-0.39, 0.29) is 11.2 Å². The number of hydrogen-bond acceptors (Lipinski definition) is 6. The number of thiol groups is 1. The number of rotatable bonds is 8. The summed E-state index contributed by atoms with van der Waals surface area (Å²) in [5, 5.41) is -0.110. The maximum Gasteiger partial charge on any atom is 0.319 e. The highest BCUT2D eigenvalue weighted by atomic mass is 33.7. The lowest BCUT2D eigenvalue weighted by molar-refractivity contribution is -0.142. The zero-order chi connectivity index (χ0) is 10.8. The van der Waals surface area contributed by atoms with Crippen molar-refractivity contribution in [2.75, 3.05) is 6.61 Å². The zero-order valence-corrected chi connectivity index (χ0v) is 11.7. The largest absolute Gasteiger partial charge is 0.465 e. The van der Waals surface area contributed by atoms with Gasteiger partial charge in [0.05, 0.1) is 6.61 Å². The Morgan fingerprint density at radius 2 is 2.21 bits per heavy atom. The Hall–Kier alpha value is 0.870. The van der Waals surface area contributed by atoms with Gasteiger partial charge >= 0.3 is 5.97 Å². The van der Waals surface area contributed by atoms with Crippen LogP contribution in [0.3, 0.4) is 0 Å². The van der Waals surface area contributed by atoms with Gasteiger partial charge in [-0.25, -0.2) is 0 Å². The van der Waals surface area contributed by atoms with Crippen LogP contribution < -0.4 is 0 Å². The molecule has 0 amide bonds. The molecule has 1 atom stereocenters. The van der Waals surface area contributed by atoms with Crippen LogP contribution in [0.4, 0.5) is 0 Å². The van der Waals surface area contributed by atoms with E-state index in [1.165, 1.54) is 30.4 Å². The Morgan fingerprint density at radius 1 is 1.50 bits per heavy atom. The van der Waals surface area contributed by atoms with Crippen LogP contribution in [0.1, 0.15) is 33.1 Å². The molecule has 0 rings (SSSR count). The quantitative estimate of drug-likeness (QED) is 0.312. The molecule has 0 heterocycles. The molecule has 0 fully saturated rings. The van der Waals surface area contributed by atoms with Crippen LogP contribution in [0.15, 0.2) is 0 Å². The van der Waals surface area contributed by atoms with Gasteiger partial charge in [0.1, 0.15) is 5.25 Å². The molecule has 0 aliphatic rings. The fourth-order valence-corrected chi connectivity index (χ4v) is 4.08. The number of unbranched alkanes of at least 4 members (excludes halogenated alkanes) is 2. The monoisotopic (exact) mass is 272 g/mol. The predicted molar refractivity (Wildman–Crippen MR) is 71.7 cm³/mol.